The maximum Gasteiger partial charge on any atom is 0.416 e. The Balaban J connectivity index is 1.68. The first-order valence-corrected chi connectivity index (χ1v) is 8.01. The number of quaternary nitrogens is 1. The smallest absolute Gasteiger partial charge is 0.370 e. The standard InChI is InChI=1S/C15H19F3N4OS/c16-15(17,18)13-3-1-12(2-4-13)11-20-21-14(24)19-5-6-22-7-9-23-10-8-22/h1-4,11H,5-10H2,(H2,19,21,24)/p+1/b20-11-. The van der Waals surface area contributed by atoms with E-state index in [4.69, 9.17) is 17.0 Å². The van der Waals surface area contributed by atoms with Crippen LogP contribution in [0.15, 0.2) is 29.4 Å². The van der Waals surface area contributed by atoms with Crippen molar-refractivity contribution in [1.82, 2.24) is 10.7 Å². The number of morpholine rings is 1. The van der Waals surface area contributed by atoms with Gasteiger partial charge in [0.05, 0.1) is 38.1 Å². The summed E-state index contributed by atoms with van der Waals surface area (Å²) in [6.07, 6.45) is -2.91. The normalized spacial score (nSPS) is 16.3. The second kappa shape index (κ2) is 8.95. The van der Waals surface area contributed by atoms with Crippen LogP contribution in [-0.2, 0) is 10.9 Å². The molecule has 1 aromatic rings. The molecule has 0 amide bonds. The first kappa shape index (κ1) is 18.6. The third-order valence-electron chi connectivity index (χ3n) is 3.58. The van der Waals surface area contributed by atoms with Crippen LogP contribution in [0.3, 0.4) is 0 Å². The Kier molecular flexibility index (Phi) is 6.95. The first-order valence-electron chi connectivity index (χ1n) is 7.60. The Morgan fingerprint density at radius 1 is 1.25 bits per heavy atom. The van der Waals surface area contributed by atoms with Gasteiger partial charge in [-0.15, -0.1) is 0 Å². The van der Waals surface area contributed by atoms with Crippen LogP contribution in [0.1, 0.15) is 11.1 Å². The summed E-state index contributed by atoms with van der Waals surface area (Å²) in [5.41, 5.74) is 2.51. The number of thiocarbonyl (C=S) groups is 1. The molecule has 1 aliphatic rings. The van der Waals surface area contributed by atoms with Gasteiger partial charge in [0.15, 0.2) is 5.11 Å². The lowest BCUT2D eigenvalue weighted by molar-refractivity contribution is -0.906. The van der Waals surface area contributed by atoms with Gasteiger partial charge in [-0.3, -0.25) is 5.43 Å². The topological polar surface area (TPSA) is 50.1 Å². The van der Waals surface area contributed by atoms with Crippen molar-refractivity contribution in [3.05, 3.63) is 35.4 Å². The van der Waals surface area contributed by atoms with Crippen molar-refractivity contribution < 1.29 is 22.8 Å². The highest BCUT2D eigenvalue weighted by Crippen LogP contribution is 2.28. The maximum absolute atomic E-state index is 12.5. The number of halogens is 3. The predicted octanol–water partition coefficient (Wildman–Crippen LogP) is 0.419. The van der Waals surface area contributed by atoms with E-state index in [9.17, 15) is 13.2 Å². The molecule has 1 fully saturated rings. The summed E-state index contributed by atoms with van der Waals surface area (Å²) in [7, 11) is 0. The summed E-state index contributed by atoms with van der Waals surface area (Å²) in [6, 6.07) is 4.74. The van der Waals surface area contributed by atoms with Crippen molar-refractivity contribution >= 4 is 23.5 Å². The summed E-state index contributed by atoms with van der Waals surface area (Å²) in [5, 5.41) is 7.33. The van der Waals surface area contributed by atoms with Gasteiger partial charge in [0.2, 0.25) is 0 Å². The number of hydrogen-bond donors (Lipinski definition) is 3. The number of benzene rings is 1. The molecular formula is C15H20F3N4OS+. The quantitative estimate of drug-likeness (QED) is 0.404. The van der Waals surface area contributed by atoms with E-state index in [-0.39, 0.29) is 0 Å². The fourth-order valence-electron chi connectivity index (χ4n) is 2.23. The van der Waals surface area contributed by atoms with Crippen LogP contribution in [0.2, 0.25) is 0 Å². The van der Waals surface area contributed by atoms with Crippen LogP contribution in [0.25, 0.3) is 0 Å². The molecule has 0 atom stereocenters. The van der Waals surface area contributed by atoms with Gasteiger partial charge in [0, 0.05) is 0 Å². The average Bonchev–Trinajstić information content (AvgIpc) is 2.55. The van der Waals surface area contributed by atoms with Crippen molar-refractivity contribution in [1.29, 1.82) is 0 Å². The lowest BCUT2D eigenvalue weighted by Gasteiger charge is -2.23. The molecule has 1 heterocycles. The molecule has 0 radical (unpaired) electrons. The fourth-order valence-corrected chi connectivity index (χ4v) is 2.38. The Hall–Kier alpha value is -1.71. The lowest BCUT2D eigenvalue weighted by atomic mass is 10.1. The number of nitrogens with zero attached hydrogens (tertiary/aromatic N) is 1. The van der Waals surface area contributed by atoms with E-state index in [1.165, 1.54) is 23.2 Å². The summed E-state index contributed by atoms with van der Waals surface area (Å²) in [4.78, 5) is 1.46. The highest BCUT2D eigenvalue weighted by Gasteiger charge is 2.29. The summed E-state index contributed by atoms with van der Waals surface area (Å²) in [6.45, 7) is 5.22. The third-order valence-corrected chi connectivity index (χ3v) is 3.82. The largest absolute Gasteiger partial charge is 0.416 e. The highest BCUT2D eigenvalue weighted by molar-refractivity contribution is 7.80. The molecule has 0 spiro atoms. The van der Waals surface area contributed by atoms with Gasteiger partial charge in [0.1, 0.15) is 13.1 Å². The molecule has 5 nitrogen and oxygen atoms in total. The second-order valence-corrected chi connectivity index (χ2v) is 5.77. The van der Waals surface area contributed by atoms with Crippen LogP contribution in [0.4, 0.5) is 13.2 Å². The monoisotopic (exact) mass is 361 g/mol. The molecular weight excluding hydrogens is 341 g/mol. The van der Waals surface area contributed by atoms with Crippen molar-refractivity contribution in [2.75, 3.05) is 39.4 Å². The van der Waals surface area contributed by atoms with Crippen molar-refractivity contribution in [2.24, 2.45) is 5.10 Å². The highest BCUT2D eigenvalue weighted by atomic mass is 32.1. The Morgan fingerprint density at radius 3 is 2.54 bits per heavy atom. The van der Waals surface area contributed by atoms with E-state index in [0.717, 1.165) is 51.5 Å². The fraction of sp³-hybridized carbons (Fsp3) is 0.467. The zero-order valence-corrected chi connectivity index (χ0v) is 13.8. The molecule has 2 rings (SSSR count). The van der Waals surface area contributed by atoms with Crippen LogP contribution in [0, 0.1) is 0 Å². The second-order valence-electron chi connectivity index (χ2n) is 5.36. The zero-order chi connectivity index (χ0) is 17.4. The van der Waals surface area contributed by atoms with E-state index in [0.29, 0.717) is 10.7 Å². The van der Waals surface area contributed by atoms with Crippen molar-refractivity contribution in [3.8, 4) is 0 Å². The van der Waals surface area contributed by atoms with Gasteiger partial charge >= 0.3 is 6.18 Å². The number of ether oxygens (including phenoxy) is 1. The van der Waals surface area contributed by atoms with Crippen molar-refractivity contribution in [2.45, 2.75) is 6.18 Å². The van der Waals surface area contributed by atoms with Crippen molar-refractivity contribution in [3.63, 3.8) is 0 Å². The molecule has 0 aromatic heterocycles. The van der Waals surface area contributed by atoms with E-state index < -0.39 is 11.7 Å². The SMILES string of the molecule is FC(F)(F)c1ccc(/C=N\NC(=S)NCC[NH+]2CCOCC2)cc1. The van der Waals surface area contributed by atoms with Crippen LogP contribution < -0.4 is 15.6 Å². The summed E-state index contributed by atoms with van der Waals surface area (Å²) < 4.78 is 42.6. The Morgan fingerprint density at radius 2 is 1.92 bits per heavy atom. The van der Waals surface area contributed by atoms with Gasteiger partial charge in [-0.2, -0.15) is 18.3 Å². The number of hydrogen-bond acceptors (Lipinski definition) is 3. The average molecular weight is 361 g/mol. The van der Waals surface area contributed by atoms with E-state index in [1.807, 2.05) is 0 Å². The lowest BCUT2D eigenvalue weighted by Crippen LogP contribution is -3.14. The molecule has 0 bridgehead atoms. The number of nitrogens with one attached hydrogen (secondary N) is 3. The number of rotatable bonds is 5. The Bertz CT molecular complexity index is 557. The van der Waals surface area contributed by atoms with E-state index in [1.54, 1.807) is 0 Å². The molecule has 132 valence electrons. The maximum atomic E-state index is 12.5. The molecule has 3 N–H and O–H groups in total. The summed E-state index contributed by atoms with van der Waals surface area (Å²) >= 11 is 5.09. The minimum Gasteiger partial charge on any atom is -0.370 e. The minimum absolute atomic E-state index is 0.380. The molecule has 1 aliphatic heterocycles. The molecule has 1 aromatic carbocycles. The Labute approximate surface area is 143 Å². The molecule has 0 unspecified atom stereocenters. The number of hydrazone groups is 1. The third kappa shape index (κ3) is 6.42. The van der Waals surface area contributed by atoms with Crippen LogP contribution >= 0.6 is 12.2 Å². The van der Waals surface area contributed by atoms with E-state index in [2.05, 4.69) is 15.8 Å². The predicted molar refractivity (Wildman–Crippen MR) is 89.2 cm³/mol. The van der Waals surface area contributed by atoms with E-state index >= 15 is 0 Å². The molecule has 1 saturated heterocycles. The molecule has 9 heteroatoms. The molecule has 24 heavy (non-hydrogen) atoms. The van der Waals surface area contributed by atoms with Gasteiger partial charge in [-0.25, -0.2) is 0 Å². The number of alkyl halides is 3. The minimum atomic E-state index is -4.33. The zero-order valence-electron chi connectivity index (χ0n) is 13.0. The molecule has 0 aliphatic carbocycles. The van der Waals surface area contributed by atoms with Crippen LogP contribution in [-0.4, -0.2) is 50.7 Å². The van der Waals surface area contributed by atoms with Gasteiger partial charge in [0.25, 0.3) is 0 Å². The molecule has 0 saturated carbocycles. The van der Waals surface area contributed by atoms with Gasteiger partial charge < -0.3 is 15.0 Å². The van der Waals surface area contributed by atoms with Gasteiger partial charge in [-0.1, -0.05) is 12.1 Å². The summed E-state index contributed by atoms with van der Waals surface area (Å²) in [5.74, 6) is 0. The van der Waals surface area contributed by atoms with Gasteiger partial charge in [-0.05, 0) is 29.9 Å². The first-order chi connectivity index (χ1) is 11.4. The van der Waals surface area contributed by atoms with Crippen LogP contribution in [0.5, 0.6) is 0 Å².